The van der Waals surface area contributed by atoms with E-state index < -0.39 is 0 Å². The second-order valence-electron chi connectivity index (χ2n) is 9.15. The van der Waals surface area contributed by atoms with E-state index in [9.17, 15) is 0 Å². The van der Waals surface area contributed by atoms with Crippen molar-refractivity contribution in [2.45, 2.75) is 89.1 Å². The number of alkyl halides is 1. The number of nitrogens with zero attached hydrogens (tertiary/aromatic N) is 1. The van der Waals surface area contributed by atoms with Crippen LogP contribution in [0.3, 0.4) is 0 Å². The Labute approximate surface area is 183 Å². The average molecular weight is 412 g/mol. The fourth-order valence-corrected chi connectivity index (χ4v) is 5.03. The molecule has 158 valence electrons. The van der Waals surface area contributed by atoms with Gasteiger partial charge in [-0.2, -0.15) is 0 Å². The van der Waals surface area contributed by atoms with E-state index in [0.29, 0.717) is 23.4 Å². The van der Waals surface area contributed by atoms with Gasteiger partial charge >= 0.3 is 0 Å². The van der Waals surface area contributed by atoms with Gasteiger partial charge in [0.25, 0.3) is 0 Å². The van der Waals surface area contributed by atoms with Crippen LogP contribution in [0.5, 0.6) is 0 Å². The van der Waals surface area contributed by atoms with E-state index >= 15 is 0 Å². The Morgan fingerprint density at radius 3 is 2.07 bits per heavy atom. The molecule has 29 heavy (non-hydrogen) atoms. The van der Waals surface area contributed by atoms with Crippen LogP contribution in [0.15, 0.2) is 54.6 Å². The predicted octanol–water partition coefficient (Wildman–Crippen LogP) is 7.23. The highest BCUT2D eigenvalue weighted by Crippen LogP contribution is 2.35. The molecule has 0 amide bonds. The largest absolute Gasteiger partial charge is 0.298 e. The van der Waals surface area contributed by atoms with Crippen molar-refractivity contribution < 1.29 is 0 Å². The summed E-state index contributed by atoms with van der Waals surface area (Å²) in [5, 5.41) is 0.401. The minimum Gasteiger partial charge on any atom is -0.298 e. The summed E-state index contributed by atoms with van der Waals surface area (Å²) < 4.78 is 0. The summed E-state index contributed by atoms with van der Waals surface area (Å²) in [4.78, 5) is 2.66. The summed E-state index contributed by atoms with van der Waals surface area (Å²) in [5.74, 6) is 0.715. The molecule has 1 atom stereocenters. The van der Waals surface area contributed by atoms with E-state index in [2.05, 4.69) is 80.3 Å². The van der Waals surface area contributed by atoms with E-state index in [-0.39, 0.29) is 0 Å². The molecular weight excluding hydrogens is 374 g/mol. The molecule has 0 spiro atoms. The van der Waals surface area contributed by atoms with Crippen LogP contribution in [-0.4, -0.2) is 28.9 Å². The van der Waals surface area contributed by atoms with Crippen LogP contribution >= 0.6 is 11.6 Å². The second kappa shape index (κ2) is 11.2. The molecule has 0 aromatic heterocycles. The van der Waals surface area contributed by atoms with Gasteiger partial charge in [0.15, 0.2) is 0 Å². The van der Waals surface area contributed by atoms with Crippen molar-refractivity contribution in [3.05, 3.63) is 71.3 Å². The standard InChI is InChI=1S/C27H38ClN/c1-21(2)29(20-19-23-7-5-4-6-8-23)22(3)9-10-24-11-13-25(14-12-24)26-15-17-27(28)18-16-26/h4-8,11-14,21-22,26-27H,9-10,15-20H2,1-3H3. The monoisotopic (exact) mass is 411 g/mol. The predicted molar refractivity (Wildman–Crippen MR) is 127 cm³/mol. The maximum Gasteiger partial charge on any atom is 0.0336 e. The Hall–Kier alpha value is -1.31. The molecule has 2 aromatic carbocycles. The van der Waals surface area contributed by atoms with Gasteiger partial charge in [0.05, 0.1) is 0 Å². The van der Waals surface area contributed by atoms with Gasteiger partial charge in [-0.25, -0.2) is 0 Å². The smallest absolute Gasteiger partial charge is 0.0336 e. The quantitative estimate of drug-likeness (QED) is 0.393. The van der Waals surface area contributed by atoms with Crippen LogP contribution in [0.25, 0.3) is 0 Å². The van der Waals surface area contributed by atoms with Crippen molar-refractivity contribution in [1.29, 1.82) is 0 Å². The third-order valence-electron chi connectivity index (χ3n) is 6.69. The van der Waals surface area contributed by atoms with Gasteiger partial charge in [-0.15, -0.1) is 11.6 Å². The number of aryl methyl sites for hydroxylation is 1. The molecule has 0 N–H and O–H groups in total. The van der Waals surface area contributed by atoms with Gasteiger partial charge in [0.2, 0.25) is 0 Å². The summed E-state index contributed by atoms with van der Waals surface area (Å²) in [6.07, 6.45) is 8.32. The molecule has 1 nitrogen and oxygen atoms in total. The summed E-state index contributed by atoms with van der Waals surface area (Å²) in [7, 11) is 0. The first-order valence-corrected chi connectivity index (χ1v) is 12.0. The number of hydrogen-bond acceptors (Lipinski definition) is 1. The molecule has 0 radical (unpaired) electrons. The van der Waals surface area contributed by atoms with E-state index in [1.807, 2.05) is 0 Å². The van der Waals surface area contributed by atoms with Gasteiger partial charge in [0, 0.05) is 24.0 Å². The zero-order chi connectivity index (χ0) is 20.6. The molecule has 2 aromatic rings. The molecule has 0 aliphatic heterocycles. The number of hydrogen-bond donors (Lipinski definition) is 0. The lowest BCUT2D eigenvalue weighted by molar-refractivity contribution is 0.158. The van der Waals surface area contributed by atoms with Gasteiger partial charge in [-0.3, -0.25) is 4.90 Å². The summed E-state index contributed by atoms with van der Waals surface area (Å²) in [6.45, 7) is 8.17. The normalized spacial score (nSPS) is 20.9. The molecule has 0 heterocycles. The van der Waals surface area contributed by atoms with Crippen LogP contribution in [0.2, 0.25) is 0 Å². The molecular formula is C27H38ClN. The van der Waals surface area contributed by atoms with Gasteiger partial charge < -0.3 is 0 Å². The first-order chi connectivity index (χ1) is 14.0. The van der Waals surface area contributed by atoms with Gasteiger partial charge in [-0.05, 0) is 88.3 Å². The van der Waals surface area contributed by atoms with Crippen LogP contribution in [0, 0.1) is 0 Å². The summed E-state index contributed by atoms with van der Waals surface area (Å²) >= 11 is 6.27. The highest BCUT2D eigenvalue weighted by molar-refractivity contribution is 6.20. The van der Waals surface area contributed by atoms with Crippen LogP contribution in [0.4, 0.5) is 0 Å². The third-order valence-corrected chi connectivity index (χ3v) is 7.13. The molecule has 0 bridgehead atoms. The Morgan fingerprint density at radius 2 is 1.45 bits per heavy atom. The Kier molecular flexibility index (Phi) is 8.63. The molecule has 3 rings (SSSR count). The summed E-state index contributed by atoms with van der Waals surface area (Å²) in [6, 6.07) is 21.5. The summed E-state index contributed by atoms with van der Waals surface area (Å²) in [5.41, 5.74) is 4.42. The van der Waals surface area contributed by atoms with Crippen molar-refractivity contribution in [1.82, 2.24) is 4.90 Å². The van der Waals surface area contributed by atoms with E-state index in [1.165, 1.54) is 48.8 Å². The van der Waals surface area contributed by atoms with E-state index in [0.717, 1.165) is 19.4 Å². The molecule has 1 aliphatic rings. The number of rotatable bonds is 9. The van der Waals surface area contributed by atoms with Crippen LogP contribution in [0.1, 0.15) is 75.5 Å². The zero-order valence-corrected chi connectivity index (χ0v) is 19.2. The van der Waals surface area contributed by atoms with Crippen molar-refractivity contribution >= 4 is 11.6 Å². The lowest BCUT2D eigenvalue weighted by atomic mass is 9.83. The molecule has 1 unspecified atom stereocenters. The van der Waals surface area contributed by atoms with Crippen molar-refractivity contribution in [3.8, 4) is 0 Å². The fraction of sp³-hybridized carbons (Fsp3) is 0.556. The van der Waals surface area contributed by atoms with E-state index in [4.69, 9.17) is 11.6 Å². The minimum absolute atomic E-state index is 0.401. The fourth-order valence-electron chi connectivity index (χ4n) is 4.77. The first-order valence-electron chi connectivity index (χ1n) is 11.6. The van der Waals surface area contributed by atoms with Crippen molar-refractivity contribution in [3.63, 3.8) is 0 Å². The second-order valence-corrected chi connectivity index (χ2v) is 9.76. The lowest BCUT2D eigenvalue weighted by Crippen LogP contribution is -2.40. The van der Waals surface area contributed by atoms with Gasteiger partial charge in [0.1, 0.15) is 0 Å². The molecule has 1 saturated carbocycles. The SMILES string of the molecule is CC(C)N(CCc1ccccc1)C(C)CCc1ccc(C2CCC(Cl)CC2)cc1. The van der Waals surface area contributed by atoms with E-state index in [1.54, 1.807) is 0 Å². The molecule has 2 heteroatoms. The minimum atomic E-state index is 0.401. The average Bonchev–Trinajstić information content (AvgIpc) is 2.74. The van der Waals surface area contributed by atoms with Crippen LogP contribution in [-0.2, 0) is 12.8 Å². The lowest BCUT2D eigenvalue weighted by Gasteiger charge is -2.33. The Morgan fingerprint density at radius 1 is 0.828 bits per heavy atom. The van der Waals surface area contributed by atoms with Crippen molar-refractivity contribution in [2.75, 3.05) is 6.54 Å². The third kappa shape index (κ3) is 6.86. The maximum atomic E-state index is 6.27. The Bertz CT molecular complexity index is 701. The highest BCUT2D eigenvalue weighted by atomic mass is 35.5. The first kappa shape index (κ1) is 22.4. The van der Waals surface area contributed by atoms with Crippen LogP contribution < -0.4 is 0 Å². The topological polar surface area (TPSA) is 3.24 Å². The molecule has 0 saturated heterocycles. The number of benzene rings is 2. The molecule has 1 fully saturated rings. The highest BCUT2D eigenvalue weighted by Gasteiger charge is 2.21. The Balaban J connectivity index is 1.49. The zero-order valence-electron chi connectivity index (χ0n) is 18.5. The number of halogens is 1. The molecule has 1 aliphatic carbocycles. The van der Waals surface area contributed by atoms with Gasteiger partial charge in [-0.1, -0.05) is 54.6 Å². The van der Waals surface area contributed by atoms with Crippen molar-refractivity contribution in [2.24, 2.45) is 0 Å². The maximum absolute atomic E-state index is 6.27.